The van der Waals surface area contributed by atoms with E-state index in [1.165, 1.54) is 0 Å². The number of benzene rings is 1. The molecule has 5 nitrogen and oxygen atoms in total. The van der Waals surface area contributed by atoms with Crippen LogP contribution in [0.5, 0.6) is 0 Å². The Hall–Kier alpha value is -1.95. The lowest BCUT2D eigenvalue weighted by atomic mass is 10.2. The van der Waals surface area contributed by atoms with E-state index in [0.29, 0.717) is 23.8 Å². The second kappa shape index (κ2) is 8.06. The second-order valence-corrected chi connectivity index (χ2v) is 5.75. The second-order valence-electron chi connectivity index (χ2n) is 4.83. The molecule has 1 heterocycles. The summed E-state index contributed by atoms with van der Waals surface area (Å²) in [4.78, 5) is 23.1. The summed E-state index contributed by atoms with van der Waals surface area (Å²) in [6.45, 7) is 7.66. The van der Waals surface area contributed by atoms with Gasteiger partial charge in [0.05, 0.1) is 6.61 Å². The number of anilines is 1. The minimum Gasteiger partial charge on any atom is -0.462 e. The zero-order valence-corrected chi connectivity index (χ0v) is 15.1. The Balaban J connectivity index is 2.50. The average Bonchev–Trinajstić information content (AvgIpc) is 2.57. The Morgan fingerprint density at radius 1 is 1.17 bits per heavy atom. The Morgan fingerprint density at radius 3 is 2.39 bits per heavy atom. The first-order valence-corrected chi connectivity index (χ1v) is 8.45. The first kappa shape index (κ1) is 17.4. The number of halogens is 1. The van der Waals surface area contributed by atoms with E-state index in [2.05, 4.69) is 25.9 Å². The molecule has 0 saturated carbocycles. The van der Waals surface area contributed by atoms with Gasteiger partial charge in [-0.05, 0) is 32.9 Å². The van der Waals surface area contributed by atoms with Gasteiger partial charge >= 0.3 is 5.97 Å². The van der Waals surface area contributed by atoms with Gasteiger partial charge in [-0.2, -0.15) is 0 Å². The van der Waals surface area contributed by atoms with Crippen molar-refractivity contribution in [3.05, 3.63) is 40.5 Å². The van der Waals surface area contributed by atoms with Crippen molar-refractivity contribution >= 4 is 27.7 Å². The summed E-state index contributed by atoms with van der Waals surface area (Å²) in [6, 6.07) is 7.76. The van der Waals surface area contributed by atoms with Crippen LogP contribution in [0.15, 0.2) is 34.9 Å². The van der Waals surface area contributed by atoms with E-state index in [0.717, 1.165) is 23.1 Å². The third-order valence-electron chi connectivity index (χ3n) is 3.43. The van der Waals surface area contributed by atoms with Gasteiger partial charge in [-0.3, -0.25) is 0 Å². The fraction of sp³-hybridized carbons (Fsp3) is 0.353. The maximum atomic E-state index is 12.2. The Bertz CT molecular complexity index is 670. The molecule has 0 aliphatic heterocycles. The molecule has 0 spiro atoms. The summed E-state index contributed by atoms with van der Waals surface area (Å²) >= 11 is 3.42. The molecular weight excluding hydrogens is 358 g/mol. The van der Waals surface area contributed by atoms with E-state index >= 15 is 0 Å². The van der Waals surface area contributed by atoms with E-state index in [9.17, 15) is 4.79 Å². The van der Waals surface area contributed by atoms with Crippen LogP contribution in [-0.2, 0) is 4.74 Å². The molecule has 0 aliphatic rings. The molecule has 1 aromatic heterocycles. The molecule has 0 unspecified atom stereocenters. The molecular formula is C17H20BrN3O2. The predicted molar refractivity (Wildman–Crippen MR) is 94.7 cm³/mol. The molecule has 122 valence electrons. The van der Waals surface area contributed by atoms with Crippen molar-refractivity contribution in [1.82, 2.24) is 9.97 Å². The van der Waals surface area contributed by atoms with Crippen molar-refractivity contribution in [2.45, 2.75) is 20.8 Å². The third kappa shape index (κ3) is 4.07. The van der Waals surface area contributed by atoms with E-state index in [1.807, 2.05) is 43.0 Å². The molecule has 0 aliphatic carbocycles. The van der Waals surface area contributed by atoms with Gasteiger partial charge in [0, 0.05) is 29.3 Å². The van der Waals surface area contributed by atoms with Gasteiger partial charge in [0.25, 0.3) is 0 Å². The summed E-state index contributed by atoms with van der Waals surface area (Å²) < 4.78 is 6.11. The van der Waals surface area contributed by atoms with Crippen molar-refractivity contribution in [1.29, 1.82) is 0 Å². The van der Waals surface area contributed by atoms with Crippen molar-refractivity contribution in [3.63, 3.8) is 0 Å². The van der Waals surface area contributed by atoms with Gasteiger partial charge in [-0.15, -0.1) is 0 Å². The molecule has 0 saturated heterocycles. The molecule has 0 N–H and O–H groups in total. The van der Waals surface area contributed by atoms with Crippen molar-refractivity contribution in [3.8, 4) is 11.4 Å². The fourth-order valence-electron chi connectivity index (χ4n) is 2.23. The SMILES string of the molecule is CCOC(=O)c1cnc(-c2ccc(Br)cc2)nc1N(CC)CC. The van der Waals surface area contributed by atoms with E-state index < -0.39 is 5.97 Å². The Morgan fingerprint density at radius 2 is 1.83 bits per heavy atom. The van der Waals surface area contributed by atoms with E-state index in [-0.39, 0.29) is 0 Å². The van der Waals surface area contributed by atoms with Crippen molar-refractivity contribution < 1.29 is 9.53 Å². The molecule has 0 bridgehead atoms. The molecule has 0 fully saturated rings. The number of hydrogen-bond donors (Lipinski definition) is 0. The van der Waals surface area contributed by atoms with Crippen LogP contribution in [0.2, 0.25) is 0 Å². The van der Waals surface area contributed by atoms with Crippen molar-refractivity contribution in [2.24, 2.45) is 0 Å². The highest BCUT2D eigenvalue weighted by Crippen LogP contribution is 2.24. The highest BCUT2D eigenvalue weighted by atomic mass is 79.9. The minimum atomic E-state index is -0.392. The first-order chi connectivity index (χ1) is 11.1. The number of esters is 1. The quantitative estimate of drug-likeness (QED) is 0.713. The first-order valence-electron chi connectivity index (χ1n) is 7.65. The van der Waals surface area contributed by atoms with Gasteiger partial charge < -0.3 is 9.64 Å². The molecule has 2 aromatic rings. The van der Waals surface area contributed by atoms with Crippen LogP contribution in [-0.4, -0.2) is 35.6 Å². The van der Waals surface area contributed by atoms with Gasteiger partial charge in [0.1, 0.15) is 11.4 Å². The number of nitrogens with zero attached hydrogens (tertiary/aromatic N) is 3. The molecule has 2 rings (SSSR count). The third-order valence-corrected chi connectivity index (χ3v) is 3.96. The molecule has 23 heavy (non-hydrogen) atoms. The summed E-state index contributed by atoms with van der Waals surface area (Å²) in [7, 11) is 0. The summed E-state index contributed by atoms with van der Waals surface area (Å²) in [5.41, 5.74) is 1.30. The summed E-state index contributed by atoms with van der Waals surface area (Å²) in [5, 5.41) is 0. The van der Waals surface area contributed by atoms with Crippen LogP contribution in [0.25, 0.3) is 11.4 Å². The standard InChI is InChI=1S/C17H20BrN3O2/c1-4-21(5-2)16-14(17(22)23-6-3)11-19-15(20-16)12-7-9-13(18)10-8-12/h7-11H,4-6H2,1-3H3. The van der Waals surface area contributed by atoms with Crippen molar-refractivity contribution in [2.75, 3.05) is 24.6 Å². The lowest BCUT2D eigenvalue weighted by Gasteiger charge is -2.22. The minimum absolute atomic E-state index is 0.324. The highest BCUT2D eigenvalue weighted by Gasteiger charge is 2.19. The monoisotopic (exact) mass is 377 g/mol. The van der Waals surface area contributed by atoms with Gasteiger partial charge in [0.2, 0.25) is 0 Å². The molecule has 0 radical (unpaired) electrons. The maximum absolute atomic E-state index is 12.2. The number of rotatable bonds is 6. The Labute approximate surface area is 144 Å². The van der Waals surface area contributed by atoms with Gasteiger partial charge in [0.15, 0.2) is 5.82 Å². The zero-order valence-electron chi connectivity index (χ0n) is 13.5. The predicted octanol–water partition coefficient (Wildman–Crippen LogP) is 3.93. The van der Waals surface area contributed by atoms with E-state index in [1.54, 1.807) is 13.1 Å². The average molecular weight is 378 g/mol. The lowest BCUT2D eigenvalue weighted by Crippen LogP contribution is -2.26. The van der Waals surface area contributed by atoms with Crippen LogP contribution in [0, 0.1) is 0 Å². The number of carbonyl (C=O) groups is 1. The molecule has 0 amide bonds. The smallest absolute Gasteiger partial charge is 0.343 e. The number of ether oxygens (including phenoxy) is 1. The zero-order chi connectivity index (χ0) is 16.8. The Kier molecular flexibility index (Phi) is 6.10. The van der Waals surface area contributed by atoms with E-state index in [4.69, 9.17) is 4.74 Å². The van der Waals surface area contributed by atoms with Crippen LogP contribution in [0.1, 0.15) is 31.1 Å². The van der Waals surface area contributed by atoms with Crippen LogP contribution in [0.3, 0.4) is 0 Å². The normalized spacial score (nSPS) is 10.4. The molecule has 6 heteroatoms. The summed E-state index contributed by atoms with van der Waals surface area (Å²) in [5.74, 6) is 0.811. The van der Waals surface area contributed by atoms with Crippen LogP contribution >= 0.6 is 15.9 Å². The highest BCUT2D eigenvalue weighted by molar-refractivity contribution is 9.10. The number of aromatic nitrogens is 2. The fourth-order valence-corrected chi connectivity index (χ4v) is 2.49. The molecule has 0 atom stereocenters. The van der Waals surface area contributed by atoms with Gasteiger partial charge in [-0.1, -0.05) is 28.1 Å². The maximum Gasteiger partial charge on any atom is 0.343 e. The topological polar surface area (TPSA) is 55.3 Å². The molecule has 1 aromatic carbocycles. The van der Waals surface area contributed by atoms with Crippen LogP contribution in [0.4, 0.5) is 5.82 Å². The largest absolute Gasteiger partial charge is 0.462 e. The lowest BCUT2D eigenvalue weighted by molar-refractivity contribution is 0.0526. The van der Waals surface area contributed by atoms with Crippen LogP contribution < -0.4 is 4.90 Å². The number of hydrogen-bond acceptors (Lipinski definition) is 5. The summed E-state index contributed by atoms with van der Waals surface area (Å²) in [6.07, 6.45) is 1.55. The van der Waals surface area contributed by atoms with Gasteiger partial charge in [-0.25, -0.2) is 14.8 Å². The number of carbonyl (C=O) groups excluding carboxylic acids is 1.